The van der Waals surface area contributed by atoms with Crippen molar-refractivity contribution in [2.45, 2.75) is 12.5 Å². The highest BCUT2D eigenvalue weighted by atomic mass is 79.9. The Morgan fingerprint density at radius 3 is 2.80 bits per heavy atom. The molecule has 0 unspecified atom stereocenters. The lowest BCUT2D eigenvalue weighted by Gasteiger charge is -2.12. The summed E-state index contributed by atoms with van der Waals surface area (Å²) >= 11 is 3.38. The zero-order chi connectivity index (χ0) is 10.9. The van der Waals surface area contributed by atoms with E-state index in [1.807, 2.05) is 24.3 Å². The van der Waals surface area contributed by atoms with Crippen molar-refractivity contribution in [2.75, 3.05) is 16.8 Å². The summed E-state index contributed by atoms with van der Waals surface area (Å²) in [6.07, 6.45) is 0.703. The molecule has 2 rings (SSSR count). The third-order valence-electron chi connectivity index (χ3n) is 2.43. The molecule has 1 atom stereocenters. The van der Waals surface area contributed by atoms with Gasteiger partial charge in [-0.2, -0.15) is 0 Å². The number of hydrogen-bond donors (Lipinski definition) is 1. The normalized spacial score (nSPS) is 23.9. The van der Waals surface area contributed by atoms with Crippen molar-refractivity contribution in [3.63, 3.8) is 0 Å². The van der Waals surface area contributed by atoms with Gasteiger partial charge in [-0.15, -0.1) is 0 Å². The Hall–Kier alpha value is -0.550. The number of anilines is 1. The van der Waals surface area contributed by atoms with E-state index in [4.69, 9.17) is 0 Å². The van der Waals surface area contributed by atoms with Gasteiger partial charge in [0.05, 0.1) is 11.5 Å². The van der Waals surface area contributed by atoms with Crippen LogP contribution < -0.4 is 5.32 Å². The number of rotatable bonds is 2. The fourth-order valence-electron chi connectivity index (χ4n) is 1.72. The van der Waals surface area contributed by atoms with Crippen LogP contribution in [0.25, 0.3) is 0 Å². The average molecular weight is 290 g/mol. The molecule has 15 heavy (non-hydrogen) atoms. The second-order valence-corrected chi connectivity index (χ2v) is 6.90. The first kappa shape index (κ1) is 11.0. The molecule has 0 aliphatic carbocycles. The molecule has 1 aromatic rings. The molecule has 82 valence electrons. The van der Waals surface area contributed by atoms with Crippen molar-refractivity contribution in [2.24, 2.45) is 0 Å². The summed E-state index contributed by atoms with van der Waals surface area (Å²) in [6.45, 7) is 0. The van der Waals surface area contributed by atoms with Crippen molar-refractivity contribution in [3.8, 4) is 0 Å². The third kappa shape index (κ3) is 2.95. The molecular weight excluding hydrogens is 278 g/mol. The molecule has 0 radical (unpaired) electrons. The number of benzene rings is 1. The first-order valence-electron chi connectivity index (χ1n) is 4.78. The second kappa shape index (κ2) is 4.14. The van der Waals surface area contributed by atoms with Crippen LogP contribution >= 0.6 is 15.9 Å². The molecule has 1 aliphatic heterocycles. The number of hydrogen-bond acceptors (Lipinski definition) is 3. The van der Waals surface area contributed by atoms with E-state index in [-0.39, 0.29) is 11.8 Å². The van der Waals surface area contributed by atoms with Crippen LogP contribution in [0.15, 0.2) is 28.7 Å². The Labute approximate surface area is 97.9 Å². The molecule has 1 saturated heterocycles. The topological polar surface area (TPSA) is 46.2 Å². The van der Waals surface area contributed by atoms with Crippen molar-refractivity contribution in [1.82, 2.24) is 0 Å². The Kier molecular flexibility index (Phi) is 3.02. The van der Waals surface area contributed by atoms with Gasteiger partial charge < -0.3 is 5.32 Å². The molecule has 1 aliphatic rings. The number of nitrogens with one attached hydrogen (secondary N) is 1. The van der Waals surface area contributed by atoms with Crippen LogP contribution in [0.2, 0.25) is 0 Å². The average Bonchev–Trinajstić information content (AvgIpc) is 2.45. The standard InChI is InChI=1S/C10H12BrNO2S/c11-8-2-1-3-9(6-8)12-10-4-5-15(13,14)7-10/h1-3,6,10,12H,4-5,7H2/t10-/m1/s1. The highest BCUT2D eigenvalue weighted by molar-refractivity contribution is 9.10. The fourth-order valence-corrected chi connectivity index (χ4v) is 3.80. The van der Waals surface area contributed by atoms with Gasteiger partial charge in [-0.1, -0.05) is 22.0 Å². The summed E-state index contributed by atoms with van der Waals surface area (Å²) in [5.74, 6) is 0.554. The van der Waals surface area contributed by atoms with E-state index in [0.29, 0.717) is 12.2 Å². The lowest BCUT2D eigenvalue weighted by molar-refractivity contribution is 0.602. The van der Waals surface area contributed by atoms with E-state index in [9.17, 15) is 8.42 Å². The largest absolute Gasteiger partial charge is 0.381 e. The monoisotopic (exact) mass is 289 g/mol. The Morgan fingerprint density at radius 1 is 1.40 bits per heavy atom. The van der Waals surface area contributed by atoms with Gasteiger partial charge in [0.2, 0.25) is 0 Å². The molecule has 1 N–H and O–H groups in total. The maximum Gasteiger partial charge on any atom is 0.152 e. The Bertz CT molecular complexity index is 458. The minimum atomic E-state index is -2.80. The predicted molar refractivity (Wildman–Crippen MR) is 64.8 cm³/mol. The van der Waals surface area contributed by atoms with E-state index in [1.165, 1.54) is 0 Å². The van der Waals surface area contributed by atoms with Crippen LogP contribution in [0.1, 0.15) is 6.42 Å². The van der Waals surface area contributed by atoms with Crippen molar-refractivity contribution < 1.29 is 8.42 Å². The Morgan fingerprint density at radius 2 is 2.20 bits per heavy atom. The van der Waals surface area contributed by atoms with Gasteiger partial charge in [0, 0.05) is 16.2 Å². The molecule has 1 aromatic carbocycles. The maximum atomic E-state index is 11.2. The summed E-state index contributed by atoms with van der Waals surface area (Å²) in [6, 6.07) is 7.82. The van der Waals surface area contributed by atoms with Crippen molar-refractivity contribution in [1.29, 1.82) is 0 Å². The molecule has 0 spiro atoms. The first-order valence-corrected chi connectivity index (χ1v) is 7.39. The number of sulfone groups is 1. The summed E-state index contributed by atoms with van der Waals surface area (Å²) < 4.78 is 23.5. The van der Waals surface area contributed by atoms with Gasteiger partial charge in [-0.25, -0.2) is 8.42 Å². The highest BCUT2D eigenvalue weighted by Crippen LogP contribution is 2.20. The predicted octanol–water partition coefficient (Wildman–Crippen LogP) is 2.05. The van der Waals surface area contributed by atoms with Crippen molar-refractivity contribution >= 4 is 31.5 Å². The smallest absolute Gasteiger partial charge is 0.152 e. The van der Waals surface area contributed by atoms with Gasteiger partial charge in [0.25, 0.3) is 0 Å². The van der Waals surface area contributed by atoms with Crippen LogP contribution in [0.3, 0.4) is 0 Å². The quantitative estimate of drug-likeness (QED) is 0.906. The SMILES string of the molecule is O=S1(=O)CC[C@@H](Nc2cccc(Br)c2)C1. The number of halogens is 1. The van der Waals surface area contributed by atoms with Crippen LogP contribution in [-0.4, -0.2) is 26.0 Å². The minimum Gasteiger partial charge on any atom is -0.381 e. The van der Waals surface area contributed by atoms with Gasteiger partial charge in [0.1, 0.15) is 0 Å². The molecule has 0 saturated carbocycles. The molecule has 3 nitrogen and oxygen atoms in total. The summed E-state index contributed by atoms with van der Waals surface area (Å²) in [5, 5.41) is 3.23. The molecule has 5 heteroatoms. The third-order valence-corrected chi connectivity index (χ3v) is 4.69. The summed E-state index contributed by atoms with van der Waals surface area (Å²) in [4.78, 5) is 0. The van der Waals surface area contributed by atoms with Gasteiger partial charge in [-0.05, 0) is 24.6 Å². The Balaban J connectivity index is 2.05. The lowest BCUT2D eigenvalue weighted by atomic mass is 10.2. The van der Waals surface area contributed by atoms with Crippen LogP contribution in [-0.2, 0) is 9.84 Å². The molecule has 0 aromatic heterocycles. The molecular formula is C10H12BrNO2S. The molecule has 1 fully saturated rings. The summed E-state index contributed by atoms with van der Waals surface area (Å²) in [7, 11) is -2.80. The molecule has 0 bridgehead atoms. The van der Waals surface area contributed by atoms with E-state index in [0.717, 1.165) is 10.2 Å². The van der Waals surface area contributed by atoms with Crippen LogP contribution in [0.5, 0.6) is 0 Å². The zero-order valence-corrected chi connectivity index (χ0v) is 10.5. The van der Waals surface area contributed by atoms with Gasteiger partial charge in [-0.3, -0.25) is 0 Å². The van der Waals surface area contributed by atoms with E-state index in [1.54, 1.807) is 0 Å². The van der Waals surface area contributed by atoms with Gasteiger partial charge in [0.15, 0.2) is 9.84 Å². The first-order chi connectivity index (χ1) is 7.05. The van der Waals surface area contributed by atoms with Gasteiger partial charge >= 0.3 is 0 Å². The molecule has 1 heterocycles. The van der Waals surface area contributed by atoms with E-state index < -0.39 is 9.84 Å². The zero-order valence-electron chi connectivity index (χ0n) is 8.11. The van der Waals surface area contributed by atoms with Crippen molar-refractivity contribution in [3.05, 3.63) is 28.7 Å². The van der Waals surface area contributed by atoms with E-state index >= 15 is 0 Å². The summed E-state index contributed by atoms with van der Waals surface area (Å²) in [5.41, 5.74) is 0.964. The molecule has 0 amide bonds. The fraction of sp³-hybridized carbons (Fsp3) is 0.400. The second-order valence-electron chi connectivity index (χ2n) is 3.75. The highest BCUT2D eigenvalue weighted by Gasteiger charge is 2.27. The maximum absolute atomic E-state index is 11.2. The lowest BCUT2D eigenvalue weighted by Crippen LogP contribution is -2.20. The van der Waals surface area contributed by atoms with E-state index in [2.05, 4.69) is 21.2 Å². The minimum absolute atomic E-state index is 0.0595. The van der Waals surface area contributed by atoms with Crippen LogP contribution in [0.4, 0.5) is 5.69 Å². The van der Waals surface area contributed by atoms with Crippen LogP contribution in [0, 0.1) is 0 Å².